The quantitative estimate of drug-likeness (QED) is 0.685. The number of pyridine rings is 1. The van der Waals surface area contributed by atoms with Crippen molar-refractivity contribution in [3.05, 3.63) is 64.1 Å². The van der Waals surface area contributed by atoms with Crippen molar-refractivity contribution >= 4 is 29.0 Å². The zero-order chi connectivity index (χ0) is 17.3. The Morgan fingerprint density at radius 1 is 1.04 bits per heavy atom. The number of phenols is 1. The molecule has 1 heterocycles. The van der Waals surface area contributed by atoms with Gasteiger partial charge in [0.15, 0.2) is 0 Å². The van der Waals surface area contributed by atoms with Gasteiger partial charge in [-0.15, -0.1) is 0 Å². The fourth-order valence-electron chi connectivity index (χ4n) is 2.43. The molecule has 3 aromatic rings. The highest BCUT2D eigenvalue weighted by Gasteiger charge is 2.17. The average Bonchev–Trinajstić information content (AvgIpc) is 2.58. The summed E-state index contributed by atoms with van der Waals surface area (Å²) in [6.45, 7) is 0. The van der Waals surface area contributed by atoms with Crippen molar-refractivity contribution in [2.45, 2.75) is 0 Å². The molecule has 4 nitrogen and oxygen atoms in total. The van der Waals surface area contributed by atoms with Crippen molar-refractivity contribution in [3.8, 4) is 34.2 Å². The molecule has 118 valence electrons. The van der Waals surface area contributed by atoms with Gasteiger partial charge in [0.25, 0.3) is 0 Å². The van der Waals surface area contributed by atoms with Gasteiger partial charge in [-0.1, -0.05) is 53.5 Å². The van der Waals surface area contributed by atoms with Crippen LogP contribution in [0.5, 0.6) is 5.75 Å². The highest BCUT2D eigenvalue weighted by molar-refractivity contribution is 6.36. The third-order valence-electron chi connectivity index (χ3n) is 3.55. The van der Waals surface area contributed by atoms with Gasteiger partial charge in [0.2, 0.25) is 0 Å². The summed E-state index contributed by atoms with van der Waals surface area (Å²) >= 11 is 12.0. The zero-order valence-corrected chi connectivity index (χ0v) is 13.8. The predicted molar refractivity (Wildman–Crippen MR) is 95.9 cm³/mol. The zero-order valence-electron chi connectivity index (χ0n) is 12.3. The highest BCUT2D eigenvalue weighted by Crippen LogP contribution is 2.39. The van der Waals surface area contributed by atoms with E-state index >= 15 is 0 Å². The number of phenolic OH excluding ortho intramolecular Hbond substituents is 1. The summed E-state index contributed by atoms with van der Waals surface area (Å²) in [6.07, 6.45) is 0. The number of nitriles is 1. The number of aromatic nitrogens is 1. The van der Waals surface area contributed by atoms with Gasteiger partial charge in [0, 0.05) is 16.1 Å². The van der Waals surface area contributed by atoms with Crippen molar-refractivity contribution in [2.75, 3.05) is 5.73 Å². The van der Waals surface area contributed by atoms with E-state index in [1.54, 1.807) is 12.1 Å². The van der Waals surface area contributed by atoms with Crippen LogP contribution in [0.2, 0.25) is 10.0 Å². The van der Waals surface area contributed by atoms with Crippen molar-refractivity contribution in [1.82, 2.24) is 4.98 Å². The van der Waals surface area contributed by atoms with Crippen LogP contribution in [0.15, 0.2) is 48.5 Å². The number of aromatic hydroxyl groups is 1. The summed E-state index contributed by atoms with van der Waals surface area (Å²) in [4.78, 5) is 4.22. The van der Waals surface area contributed by atoms with Crippen LogP contribution >= 0.6 is 23.2 Å². The number of anilines is 1. The Morgan fingerprint density at radius 2 is 1.75 bits per heavy atom. The number of rotatable bonds is 2. The summed E-state index contributed by atoms with van der Waals surface area (Å²) in [6, 6.07) is 16.1. The maximum Gasteiger partial charge on any atom is 0.143 e. The lowest BCUT2D eigenvalue weighted by molar-refractivity contribution is 0.477. The first kappa shape index (κ1) is 16.1. The Labute approximate surface area is 148 Å². The molecule has 0 saturated carbocycles. The summed E-state index contributed by atoms with van der Waals surface area (Å²) in [7, 11) is 0. The van der Waals surface area contributed by atoms with Gasteiger partial charge in [-0.2, -0.15) is 5.26 Å². The van der Waals surface area contributed by atoms with Crippen molar-refractivity contribution in [3.63, 3.8) is 0 Å². The summed E-state index contributed by atoms with van der Waals surface area (Å²) in [5.74, 6) is -0.0685. The number of nitrogens with zero attached hydrogens (tertiary/aromatic N) is 2. The first-order chi connectivity index (χ1) is 11.5. The molecular weight excluding hydrogens is 345 g/mol. The lowest BCUT2D eigenvalue weighted by Gasteiger charge is -2.12. The van der Waals surface area contributed by atoms with Gasteiger partial charge >= 0.3 is 0 Å². The summed E-state index contributed by atoms with van der Waals surface area (Å²) < 4.78 is 0. The normalized spacial score (nSPS) is 10.4. The second kappa shape index (κ2) is 6.40. The third kappa shape index (κ3) is 2.88. The largest absolute Gasteiger partial charge is 0.506 e. The van der Waals surface area contributed by atoms with Gasteiger partial charge in [0.05, 0.1) is 10.7 Å². The maximum atomic E-state index is 10.2. The minimum Gasteiger partial charge on any atom is -0.506 e. The van der Waals surface area contributed by atoms with Gasteiger partial charge < -0.3 is 10.8 Å². The van der Waals surface area contributed by atoms with Gasteiger partial charge in [0.1, 0.15) is 23.2 Å². The minimum atomic E-state index is -0.142. The highest BCUT2D eigenvalue weighted by atomic mass is 35.5. The molecule has 0 aliphatic heterocycles. The Morgan fingerprint density at radius 3 is 2.42 bits per heavy atom. The smallest absolute Gasteiger partial charge is 0.143 e. The predicted octanol–water partition coefficient (Wildman–Crippen LogP) is 4.88. The second-order valence-corrected chi connectivity index (χ2v) is 5.92. The van der Waals surface area contributed by atoms with Crippen LogP contribution in [0.4, 0.5) is 5.82 Å². The molecule has 0 unspecified atom stereocenters. The van der Waals surface area contributed by atoms with Gasteiger partial charge in [-0.3, -0.25) is 0 Å². The molecule has 0 amide bonds. The molecule has 24 heavy (non-hydrogen) atoms. The lowest BCUT2D eigenvalue weighted by atomic mass is 9.98. The monoisotopic (exact) mass is 355 g/mol. The molecule has 0 radical (unpaired) electrons. The molecule has 1 aromatic heterocycles. The topological polar surface area (TPSA) is 82.9 Å². The molecule has 2 aromatic carbocycles. The Bertz CT molecular complexity index is 966. The third-order valence-corrected chi connectivity index (χ3v) is 4.05. The molecule has 0 aliphatic carbocycles. The van der Waals surface area contributed by atoms with Crippen LogP contribution in [0.3, 0.4) is 0 Å². The second-order valence-electron chi connectivity index (χ2n) is 5.08. The molecule has 0 aliphatic rings. The van der Waals surface area contributed by atoms with Crippen molar-refractivity contribution < 1.29 is 5.11 Å². The van der Waals surface area contributed by atoms with Crippen molar-refractivity contribution in [1.29, 1.82) is 5.26 Å². The lowest BCUT2D eigenvalue weighted by Crippen LogP contribution is -2.00. The van der Waals surface area contributed by atoms with E-state index in [0.717, 1.165) is 5.56 Å². The Balaban J connectivity index is 2.30. The van der Waals surface area contributed by atoms with Crippen LogP contribution < -0.4 is 5.73 Å². The van der Waals surface area contributed by atoms with E-state index in [1.807, 2.05) is 30.3 Å². The van der Waals surface area contributed by atoms with Crippen LogP contribution in [-0.2, 0) is 0 Å². The molecule has 0 bridgehead atoms. The van der Waals surface area contributed by atoms with Crippen molar-refractivity contribution in [2.24, 2.45) is 0 Å². The first-order valence-corrected chi connectivity index (χ1v) is 7.71. The van der Waals surface area contributed by atoms with E-state index < -0.39 is 0 Å². The van der Waals surface area contributed by atoms with E-state index in [4.69, 9.17) is 28.9 Å². The van der Waals surface area contributed by atoms with Gasteiger partial charge in [-0.05, 0) is 23.8 Å². The number of halogens is 2. The molecule has 0 spiro atoms. The number of hydrogen-bond acceptors (Lipinski definition) is 4. The number of hydrogen-bond donors (Lipinski definition) is 2. The molecule has 3 rings (SSSR count). The van der Waals surface area contributed by atoms with E-state index in [-0.39, 0.29) is 22.2 Å². The Kier molecular flexibility index (Phi) is 4.30. The van der Waals surface area contributed by atoms with Crippen LogP contribution in [0.1, 0.15) is 5.56 Å². The van der Waals surface area contributed by atoms with E-state index in [9.17, 15) is 10.4 Å². The molecule has 3 N–H and O–H groups in total. The molecular formula is C18H11Cl2N3O. The first-order valence-electron chi connectivity index (χ1n) is 6.95. The van der Waals surface area contributed by atoms with E-state index in [1.165, 1.54) is 6.07 Å². The molecule has 0 fully saturated rings. The average molecular weight is 356 g/mol. The van der Waals surface area contributed by atoms with Gasteiger partial charge in [-0.25, -0.2) is 4.98 Å². The fourth-order valence-corrected chi connectivity index (χ4v) is 2.92. The number of nitrogen functional groups attached to an aromatic ring is 1. The summed E-state index contributed by atoms with van der Waals surface area (Å²) in [5.41, 5.74) is 8.40. The SMILES string of the molecule is N#Cc1c(-c2ccccc2)cc(-c2cc(Cl)cc(Cl)c2O)nc1N. The maximum absolute atomic E-state index is 10.2. The number of benzene rings is 2. The summed E-state index contributed by atoms with van der Waals surface area (Å²) in [5, 5.41) is 20.1. The minimum absolute atomic E-state index is 0.0735. The Hall–Kier alpha value is -2.74. The molecule has 6 heteroatoms. The molecule has 0 atom stereocenters. The van der Waals surface area contributed by atoms with E-state index in [2.05, 4.69) is 11.1 Å². The number of nitrogens with two attached hydrogens (primary N) is 1. The fraction of sp³-hybridized carbons (Fsp3) is 0. The van der Waals surface area contributed by atoms with Crippen LogP contribution in [0.25, 0.3) is 22.4 Å². The van der Waals surface area contributed by atoms with Crippen LogP contribution in [-0.4, -0.2) is 10.1 Å². The van der Waals surface area contributed by atoms with E-state index in [0.29, 0.717) is 21.8 Å². The molecule has 0 saturated heterocycles. The standard InChI is InChI=1S/C18H11Cl2N3O/c19-11-6-13(17(24)15(20)7-11)16-8-12(10-4-2-1-3-5-10)14(9-21)18(22)23-16/h1-8,24H,(H2,22,23). The van der Waals surface area contributed by atoms with Crippen LogP contribution in [0, 0.1) is 11.3 Å².